The molecule has 1 rings (SSSR count). The van der Waals surface area contributed by atoms with Crippen LogP contribution in [-0.2, 0) is 4.79 Å². The maximum absolute atomic E-state index is 11.0. The lowest BCUT2D eigenvalue weighted by atomic mass is 10.1. The van der Waals surface area contributed by atoms with Gasteiger partial charge in [-0.2, -0.15) is 0 Å². The van der Waals surface area contributed by atoms with Crippen molar-refractivity contribution in [2.24, 2.45) is 0 Å². The van der Waals surface area contributed by atoms with E-state index in [1.165, 1.54) is 0 Å². The zero-order valence-corrected chi connectivity index (χ0v) is 10.9. The third kappa shape index (κ3) is 4.36. The molecule has 0 radical (unpaired) electrons. The second kappa shape index (κ2) is 6.62. The van der Waals surface area contributed by atoms with Gasteiger partial charge in [-0.25, -0.2) is 0 Å². The predicted molar refractivity (Wildman–Crippen MR) is 69.3 cm³/mol. The zero-order valence-electron chi connectivity index (χ0n) is 10.1. The van der Waals surface area contributed by atoms with Crippen LogP contribution in [0.4, 0.5) is 0 Å². The number of hydrogen-bond acceptors (Lipinski definition) is 2. The van der Waals surface area contributed by atoms with Crippen molar-refractivity contribution in [3.05, 3.63) is 34.9 Å². The molecular weight excluding hydrogens is 238 g/mol. The van der Waals surface area contributed by atoms with Crippen molar-refractivity contribution in [1.82, 2.24) is 5.32 Å². The Labute approximate surface area is 107 Å². The van der Waals surface area contributed by atoms with Gasteiger partial charge in [0.25, 0.3) is 0 Å². The first-order valence-electron chi connectivity index (χ1n) is 5.79. The number of halogens is 1. The molecule has 4 heteroatoms. The summed E-state index contributed by atoms with van der Waals surface area (Å²) < 4.78 is 0. The summed E-state index contributed by atoms with van der Waals surface area (Å²) in [5.41, 5.74) is 1.04. The Morgan fingerprint density at radius 1 is 1.41 bits per heavy atom. The third-order valence-corrected chi connectivity index (χ3v) is 2.95. The molecule has 0 aromatic heterocycles. The van der Waals surface area contributed by atoms with Gasteiger partial charge in [-0.3, -0.25) is 10.1 Å². The minimum absolute atomic E-state index is 0.0000772. The molecule has 1 aromatic carbocycles. The maximum atomic E-state index is 11.0. The van der Waals surface area contributed by atoms with Crippen LogP contribution < -0.4 is 5.32 Å². The smallest absolute Gasteiger partial charge is 0.320 e. The van der Waals surface area contributed by atoms with Gasteiger partial charge in [-0.15, -0.1) is 0 Å². The summed E-state index contributed by atoms with van der Waals surface area (Å²) in [6.45, 7) is 3.93. The first kappa shape index (κ1) is 14.0. The summed E-state index contributed by atoms with van der Waals surface area (Å²) in [6, 6.07) is 6.94. The molecular formula is C13H18ClNO2. The van der Waals surface area contributed by atoms with Gasteiger partial charge in [-0.1, -0.05) is 37.1 Å². The van der Waals surface area contributed by atoms with Crippen molar-refractivity contribution in [3.63, 3.8) is 0 Å². The van der Waals surface area contributed by atoms with Crippen LogP contribution in [0.5, 0.6) is 0 Å². The summed E-state index contributed by atoms with van der Waals surface area (Å²) in [5.74, 6) is -0.798. The zero-order chi connectivity index (χ0) is 12.8. The van der Waals surface area contributed by atoms with E-state index in [0.29, 0.717) is 11.4 Å². The highest BCUT2D eigenvalue weighted by atomic mass is 35.5. The standard InChI is InChI=1S/C13H18ClNO2/c1-3-4-12(13(16)17)15-9(2)10-5-7-11(14)8-6-10/h5-9,12,15H,3-4H2,1-2H3,(H,16,17)/t9-,12?/m1/s1. The van der Waals surface area contributed by atoms with Gasteiger partial charge in [0.05, 0.1) is 0 Å². The normalized spacial score (nSPS) is 14.3. The minimum atomic E-state index is -0.798. The lowest BCUT2D eigenvalue weighted by Gasteiger charge is -2.20. The molecule has 0 aliphatic heterocycles. The molecule has 0 fully saturated rings. The molecule has 0 bridgehead atoms. The number of carbonyl (C=O) groups is 1. The molecule has 94 valence electrons. The number of carboxylic acids is 1. The Kier molecular flexibility index (Phi) is 5.45. The van der Waals surface area contributed by atoms with Gasteiger partial charge in [0.2, 0.25) is 0 Å². The lowest BCUT2D eigenvalue weighted by molar-refractivity contribution is -0.139. The van der Waals surface area contributed by atoms with Crippen LogP contribution in [0.25, 0.3) is 0 Å². The second-order valence-electron chi connectivity index (χ2n) is 4.12. The molecule has 2 N–H and O–H groups in total. The van der Waals surface area contributed by atoms with Crippen LogP contribution in [0.15, 0.2) is 24.3 Å². The molecule has 0 heterocycles. The van der Waals surface area contributed by atoms with Crippen molar-refractivity contribution < 1.29 is 9.90 Å². The van der Waals surface area contributed by atoms with Crippen molar-refractivity contribution >= 4 is 17.6 Å². The van der Waals surface area contributed by atoms with Crippen LogP contribution in [0, 0.1) is 0 Å². The third-order valence-electron chi connectivity index (χ3n) is 2.70. The van der Waals surface area contributed by atoms with Crippen LogP contribution in [0.1, 0.15) is 38.3 Å². The topological polar surface area (TPSA) is 49.3 Å². The van der Waals surface area contributed by atoms with E-state index in [1.54, 1.807) is 0 Å². The fourth-order valence-corrected chi connectivity index (χ4v) is 1.84. The molecule has 1 unspecified atom stereocenters. The Balaban J connectivity index is 2.66. The summed E-state index contributed by atoms with van der Waals surface area (Å²) in [6.07, 6.45) is 1.48. The van der Waals surface area contributed by atoms with Gasteiger partial charge in [0.1, 0.15) is 6.04 Å². The Morgan fingerprint density at radius 2 is 2.00 bits per heavy atom. The van der Waals surface area contributed by atoms with Crippen LogP contribution in [0.3, 0.4) is 0 Å². The van der Waals surface area contributed by atoms with Crippen LogP contribution in [0.2, 0.25) is 5.02 Å². The average molecular weight is 256 g/mol. The number of benzene rings is 1. The second-order valence-corrected chi connectivity index (χ2v) is 4.56. The lowest BCUT2D eigenvalue weighted by Crippen LogP contribution is -2.38. The van der Waals surface area contributed by atoms with Crippen LogP contribution in [-0.4, -0.2) is 17.1 Å². The Morgan fingerprint density at radius 3 is 2.47 bits per heavy atom. The van der Waals surface area contributed by atoms with Crippen molar-refractivity contribution in [2.45, 2.75) is 38.8 Å². The summed E-state index contributed by atoms with van der Waals surface area (Å²) in [7, 11) is 0. The first-order valence-corrected chi connectivity index (χ1v) is 6.16. The van der Waals surface area contributed by atoms with E-state index in [-0.39, 0.29) is 6.04 Å². The SMILES string of the molecule is CCCC(N[C@H](C)c1ccc(Cl)cc1)C(=O)O. The number of aliphatic carboxylic acids is 1. The quantitative estimate of drug-likeness (QED) is 0.820. The van der Waals surface area contributed by atoms with E-state index < -0.39 is 12.0 Å². The molecule has 0 saturated carbocycles. The molecule has 17 heavy (non-hydrogen) atoms. The van der Waals surface area contributed by atoms with Gasteiger partial charge in [0, 0.05) is 11.1 Å². The maximum Gasteiger partial charge on any atom is 0.320 e. The summed E-state index contributed by atoms with van der Waals surface area (Å²) >= 11 is 5.81. The van der Waals surface area contributed by atoms with Crippen LogP contribution >= 0.6 is 11.6 Å². The molecule has 0 spiro atoms. The molecule has 2 atom stereocenters. The Hall–Kier alpha value is -1.06. The highest BCUT2D eigenvalue weighted by Crippen LogP contribution is 2.17. The molecule has 0 saturated heterocycles. The van der Waals surface area contributed by atoms with Gasteiger partial charge in [0.15, 0.2) is 0 Å². The minimum Gasteiger partial charge on any atom is -0.480 e. The van der Waals surface area contributed by atoms with E-state index in [2.05, 4.69) is 5.32 Å². The number of carboxylic acid groups (broad SMARTS) is 1. The predicted octanol–water partition coefficient (Wildman–Crippen LogP) is 3.24. The number of rotatable bonds is 6. The van der Waals surface area contributed by atoms with E-state index in [4.69, 9.17) is 16.7 Å². The Bertz CT molecular complexity index is 364. The highest BCUT2D eigenvalue weighted by molar-refractivity contribution is 6.30. The largest absolute Gasteiger partial charge is 0.480 e. The first-order chi connectivity index (χ1) is 8.04. The fraction of sp³-hybridized carbons (Fsp3) is 0.462. The molecule has 0 aliphatic rings. The van der Waals surface area contributed by atoms with Gasteiger partial charge >= 0.3 is 5.97 Å². The molecule has 1 aromatic rings. The average Bonchev–Trinajstić information content (AvgIpc) is 2.29. The van der Waals surface area contributed by atoms with Crippen molar-refractivity contribution in [1.29, 1.82) is 0 Å². The van der Waals surface area contributed by atoms with E-state index in [9.17, 15) is 4.79 Å². The van der Waals surface area contributed by atoms with E-state index in [0.717, 1.165) is 12.0 Å². The fourth-order valence-electron chi connectivity index (χ4n) is 1.72. The van der Waals surface area contributed by atoms with E-state index >= 15 is 0 Å². The number of nitrogens with one attached hydrogen (secondary N) is 1. The van der Waals surface area contributed by atoms with Gasteiger partial charge in [-0.05, 0) is 31.0 Å². The van der Waals surface area contributed by atoms with E-state index in [1.807, 2.05) is 38.1 Å². The van der Waals surface area contributed by atoms with Gasteiger partial charge < -0.3 is 5.11 Å². The summed E-state index contributed by atoms with van der Waals surface area (Å²) in [4.78, 5) is 11.0. The van der Waals surface area contributed by atoms with Crippen molar-refractivity contribution in [3.8, 4) is 0 Å². The summed E-state index contributed by atoms with van der Waals surface area (Å²) in [5, 5.41) is 12.9. The molecule has 0 aliphatic carbocycles. The number of hydrogen-bond donors (Lipinski definition) is 2. The molecule has 3 nitrogen and oxygen atoms in total. The highest BCUT2D eigenvalue weighted by Gasteiger charge is 2.18. The van der Waals surface area contributed by atoms with Crippen molar-refractivity contribution in [2.75, 3.05) is 0 Å². The molecule has 0 amide bonds. The monoisotopic (exact) mass is 255 g/mol.